The number of carbonyl (C=O) groups is 2. The van der Waals surface area contributed by atoms with Crippen molar-refractivity contribution in [1.82, 2.24) is 8.87 Å². The van der Waals surface area contributed by atoms with Crippen molar-refractivity contribution in [3.8, 4) is 0 Å². The number of nitrogens with zero attached hydrogens (tertiary/aromatic N) is 3. The fourth-order valence-electron chi connectivity index (χ4n) is 3.77. The zero-order chi connectivity index (χ0) is 23.8. The number of ether oxygens (including phenoxy) is 1. The molecule has 1 saturated heterocycles. The summed E-state index contributed by atoms with van der Waals surface area (Å²) in [7, 11) is -2.57. The third-order valence-corrected chi connectivity index (χ3v) is 8.68. The summed E-state index contributed by atoms with van der Waals surface area (Å²) in [5.41, 5.74) is 1.62. The van der Waals surface area contributed by atoms with Gasteiger partial charge in [0.15, 0.2) is 4.80 Å². The number of hydrogen-bond acceptors (Lipinski definition) is 6. The Bertz CT molecular complexity index is 1390. The van der Waals surface area contributed by atoms with Gasteiger partial charge in [-0.3, -0.25) is 9.59 Å². The number of rotatable bonds is 5. The summed E-state index contributed by atoms with van der Waals surface area (Å²) < 4.78 is 34.7. The molecular formula is C22H22ClN3O5S2. The van der Waals surface area contributed by atoms with Crippen LogP contribution in [0.25, 0.3) is 10.2 Å². The predicted molar refractivity (Wildman–Crippen MR) is 126 cm³/mol. The number of sulfonamides is 1. The lowest BCUT2D eigenvalue weighted by Crippen LogP contribution is -2.40. The summed E-state index contributed by atoms with van der Waals surface area (Å²) in [4.78, 5) is 29.8. The Morgan fingerprint density at radius 3 is 2.64 bits per heavy atom. The highest BCUT2D eigenvalue weighted by atomic mass is 35.5. The molecule has 33 heavy (non-hydrogen) atoms. The predicted octanol–water partition coefficient (Wildman–Crippen LogP) is 3.12. The van der Waals surface area contributed by atoms with Crippen LogP contribution in [0.5, 0.6) is 0 Å². The minimum Gasteiger partial charge on any atom is -0.468 e. The van der Waals surface area contributed by atoms with Crippen molar-refractivity contribution in [2.45, 2.75) is 37.2 Å². The van der Waals surface area contributed by atoms with E-state index in [1.807, 2.05) is 6.92 Å². The van der Waals surface area contributed by atoms with Gasteiger partial charge < -0.3 is 9.30 Å². The average molecular weight is 508 g/mol. The Kier molecular flexibility index (Phi) is 6.71. The van der Waals surface area contributed by atoms with Gasteiger partial charge in [-0.05, 0) is 50.1 Å². The van der Waals surface area contributed by atoms with Gasteiger partial charge in [-0.2, -0.15) is 9.30 Å². The standard InChI is InChI=1S/C22H22ClN3O5S2/c1-14-5-8-16(9-6-14)33(29,30)26-11-3-4-18(26)21(28)24-22-25(13-20(27)31-2)17-10-7-15(23)12-19(17)32-22/h5-10,12,18H,3-4,11,13H2,1-2H3. The van der Waals surface area contributed by atoms with Crippen molar-refractivity contribution in [2.75, 3.05) is 13.7 Å². The molecule has 174 valence electrons. The lowest BCUT2D eigenvalue weighted by Gasteiger charge is -2.21. The van der Waals surface area contributed by atoms with E-state index >= 15 is 0 Å². The summed E-state index contributed by atoms with van der Waals surface area (Å²) in [6, 6.07) is 10.8. The van der Waals surface area contributed by atoms with Crippen LogP contribution in [0.2, 0.25) is 5.02 Å². The van der Waals surface area contributed by atoms with Crippen molar-refractivity contribution in [2.24, 2.45) is 4.99 Å². The van der Waals surface area contributed by atoms with Crippen LogP contribution in [-0.4, -0.2) is 48.9 Å². The highest BCUT2D eigenvalue weighted by Gasteiger charge is 2.39. The Hall–Kier alpha value is -2.53. The number of benzene rings is 2. The average Bonchev–Trinajstić information content (AvgIpc) is 3.40. The van der Waals surface area contributed by atoms with Crippen LogP contribution in [-0.2, 0) is 30.9 Å². The SMILES string of the molecule is COC(=O)Cn1c(=NC(=O)C2CCCN2S(=O)(=O)c2ccc(C)cc2)sc2cc(Cl)ccc21. The third kappa shape index (κ3) is 4.74. The van der Waals surface area contributed by atoms with Crippen LogP contribution in [0.15, 0.2) is 52.4 Å². The number of thiazole rings is 1. The van der Waals surface area contributed by atoms with E-state index in [2.05, 4.69) is 4.99 Å². The molecule has 2 heterocycles. The Labute approximate surface area is 200 Å². The van der Waals surface area contributed by atoms with E-state index in [9.17, 15) is 18.0 Å². The van der Waals surface area contributed by atoms with Crippen LogP contribution >= 0.6 is 22.9 Å². The molecule has 2 aromatic carbocycles. The molecule has 1 unspecified atom stereocenters. The molecule has 0 spiro atoms. The fraction of sp³-hybridized carbons (Fsp3) is 0.318. The number of halogens is 1. The summed E-state index contributed by atoms with van der Waals surface area (Å²) in [5.74, 6) is -1.07. The molecule has 8 nitrogen and oxygen atoms in total. The first kappa shape index (κ1) is 23.6. The molecule has 3 aromatic rings. The van der Waals surface area contributed by atoms with E-state index in [4.69, 9.17) is 16.3 Å². The van der Waals surface area contributed by atoms with E-state index in [1.165, 1.54) is 22.8 Å². The number of aryl methyl sites for hydroxylation is 1. The van der Waals surface area contributed by atoms with Crippen LogP contribution in [0.4, 0.5) is 0 Å². The number of aromatic nitrogens is 1. The highest BCUT2D eigenvalue weighted by molar-refractivity contribution is 7.89. The normalized spacial score (nSPS) is 17.5. The van der Waals surface area contributed by atoms with Crippen LogP contribution in [0.1, 0.15) is 18.4 Å². The van der Waals surface area contributed by atoms with E-state index in [0.29, 0.717) is 23.4 Å². The topological polar surface area (TPSA) is 98.0 Å². The molecule has 0 bridgehead atoms. The van der Waals surface area contributed by atoms with Gasteiger partial charge in [0.2, 0.25) is 10.0 Å². The van der Waals surface area contributed by atoms with E-state index in [0.717, 1.165) is 10.3 Å². The van der Waals surface area contributed by atoms with Crippen molar-refractivity contribution in [1.29, 1.82) is 0 Å². The van der Waals surface area contributed by atoms with Gasteiger partial charge in [0, 0.05) is 11.6 Å². The number of hydrogen-bond donors (Lipinski definition) is 0. The Morgan fingerprint density at radius 1 is 1.21 bits per heavy atom. The van der Waals surface area contributed by atoms with Gasteiger partial charge in [-0.1, -0.05) is 40.6 Å². The maximum Gasteiger partial charge on any atom is 0.325 e. The molecule has 1 fully saturated rings. The third-order valence-electron chi connectivity index (χ3n) is 5.48. The van der Waals surface area contributed by atoms with Crippen molar-refractivity contribution >= 4 is 55.1 Å². The molecule has 1 atom stereocenters. The first-order valence-corrected chi connectivity index (χ1v) is 12.9. The lowest BCUT2D eigenvalue weighted by atomic mass is 10.2. The van der Waals surface area contributed by atoms with Gasteiger partial charge >= 0.3 is 5.97 Å². The van der Waals surface area contributed by atoms with Crippen LogP contribution in [0.3, 0.4) is 0 Å². The molecular weight excluding hydrogens is 486 g/mol. The molecule has 0 radical (unpaired) electrons. The maximum absolute atomic E-state index is 13.2. The monoisotopic (exact) mass is 507 g/mol. The van der Waals surface area contributed by atoms with Gasteiger partial charge in [-0.15, -0.1) is 0 Å². The lowest BCUT2D eigenvalue weighted by molar-refractivity contribution is -0.141. The van der Waals surface area contributed by atoms with Gasteiger partial charge in [0.1, 0.15) is 12.6 Å². The highest BCUT2D eigenvalue weighted by Crippen LogP contribution is 2.27. The Balaban J connectivity index is 1.73. The van der Waals surface area contributed by atoms with Gasteiger partial charge in [-0.25, -0.2) is 8.42 Å². The van der Waals surface area contributed by atoms with Gasteiger partial charge in [0.05, 0.1) is 22.2 Å². The second-order valence-corrected chi connectivity index (χ2v) is 11.0. The Morgan fingerprint density at radius 2 is 1.94 bits per heavy atom. The van der Waals surface area contributed by atoms with E-state index in [-0.39, 0.29) is 22.8 Å². The summed E-state index contributed by atoms with van der Waals surface area (Å²) >= 11 is 7.29. The smallest absolute Gasteiger partial charge is 0.325 e. The molecule has 0 saturated carbocycles. The fourth-order valence-corrected chi connectivity index (χ4v) is 6.73. The largest absolute Gasteiger partial charge is 0.468 e. The summed E-state index contributed by atoms with van der Waals surface area (Å²) in [5, 5.41) is 0.512. The zero-order valence-corrected chi connectivity index (χ0v) is 20.4. The molecule has 1 aliphatic rings. The molecule has 11 heteroatoms. The maximum atomic E-state index is 13.2. The second-order valence-electron chi connectivity index (χ2n) is 7.70. The summed E-state index contributed by atoms with van der Waals surface area (Å²) in [6.07, 6.45) is 0.933. The van der Waals surface area contributed by atoms with Gasteiger partial charge in [0.25, 0.3) is 5.91 Å². The number of fused-ring (bicyclic) bond motifs is 1. The van der Waals surface area contributed by atoms with E-state index < -0.39 is 27.9 Å². The molecule has 1 aromatic heterocycles. The van der Waals surface area contributed by atoms with Crippen LogP contribution < -0.4 is 4.80 Å². The molecule has 1 amide bonds. The van der Waals surface area contributed by atoms with Crippen molar-refractivity contribution in [3.05, 3.63) is 57.9 Å². The number of esters is 1. The zero-order valence-electron chi connectivity index (χ0n) is 18.0. The first-order valence-electron chi connectivity index (χ1n) is 10.2. The quantitative estimate of drug-likeness (QED) is 0.494. The minimum absolute atomic E-state index is 0.139. The van der Waals surface area contributed by atoms with Crippen molar-refractivity contribution in [3.63, 3.8) is 0 Å². The summed E-state index contributed by atoms with van der Waals surface area (Å²) in [6.45, 7) is 1.98. The first-order chi connectivity index (χ1) is 15.7. The van der Waals surface area contributed by atoms with Crippen LogP contribution in [0, 0.1) is 6.92 Å². The number of methoxy groups -OCH3 is 1. The number of amides is 1. The van der Waals surface area contributed by atoms with E-state index in [1.54, 1.807) is 47.0 Å². The minimum atomic E-state index is -3.85. The molecule has 4 rings (SSSR count). The van der Waals surface area contributed by atoms with Crippen molar-refractivity contribution < 1.29 is 22.7 Å². The molecule has 0 aliphatic carbocycles. The molecule has 1 aliphatic heterocycles. The number of carbonyl (C=O) groups excluding carboxylic acids is 2. The molecule has 0 N–H and O–H groups in total. The second kappa shape index (κ2) is 9.38.